The molecule has 0 fully saturated rings. The Morgan fingerprint density at radius 1 is 1.13 bits per heavy atom. The summed E-state index contributed by atoms with van der Waals surface area (Å²) in [5.41, 5.74) is 4.71. The van der Waals surface area contributed by atoms with Crippen LogP contribution in [-0.2, 0) is 13.0 Å². The second-order valence-corrected chi connectivity index (χ2v) is 6.93. The van der Waals surface area contributed by atoms with Crippen LogP contribution >= 0.6 is 28.1 Å². The molecule has 0 amide bonds. The average Bonchev–Trinajstić information content (AvgIpc) is 2.49. The van der Waals surface area contributed by atoms with E-state index in [0.29, 0.717) is 11.7 Å². The Labute approximate surface area is 151 Å². The Morgan fingerprint density at radius 2 is 1.87 bits per heavy atom. The molecule has 0 aliphatic heterocycles. The monoisotopic (exact) mass is 392 g/mol. The van der Waals surface area contributed by atoms with Crippen molar-refractivity contribution in [3.63, 3.8) is 0 Å². The Hall–Kier alpha value is -1.39. The van der Waals surface area contributed by atoms with Gasteiger partial charge in [-0.05, 0) is 67.4 Å². The molecule has 0 saturated heterocycles. The summed E-state index contributed by atoms with van der Waals surface area (Å²) in [6.07, 6.45) is 1.03. The van der Waals surface area contributed by atoms with Crippen molar-refractivity contribution in [2.24, 2.45) is 0 Å². The molecule has 122 valence electrons. The predicted molar refractivity (Wildman–Crippen MR) is 103 cm³/mol. The van der Waals surface area contributed by atoms with E-state index in [1.165, 1.54) is 11.1 Å². The van der Waals surface area contributed by atoms with Crippen molar-refractivity contribution in [3.05, 3.63) is 57.1 Å². The van der Waals surface area contributed by atoms with Crippen molar-refractivity contribution in [2.75, 3.05) is 0 Å². The Morgan fingerprint density at radius 3 is 2.52 bits per heavy atom. The maximum Gasteiger partial charge on any atom is 0.164 e. The van der Waals surface area contributed by atoms with Gasteiger partial charge in [0.1, 0.15) is 18.1 Å². The first-order valence-electron chi connectivity index (χ1n) is 7.61. The molecule has 0 aromatic heterocycles. The van der Waals surface area contributed by atoms with Gasteiger partial charge in [-0.25, -0.2) is 0 Å². The third-order valence-corrected chi connectivity index (χ3v) is 4.54. The van der Waals surface area contributed by atoms with Crippen molar-refractivity contribution in [1.29, 1.82) is 0 Å². The second-order valence-electron chi connectivity index (χ2n) is 5.50. The van der Waals surface area contributed by atoms with Crippen molar-refractivity contribution < 1.29 is 9.47 Å². The van der Waals surface area contributed by atoms with Gasteiger partial charge in [-0.3, -0.25) is 0 Å². The number of ether oxygens (including phenoxy) is 2. The zero-order chi connectivity index (χ0) is 17.0. The lowest BCUT2D eigenvalue weighted by molar-refractivity contribution is 0.299. The summed E-state index contributed by atoms with van der Waals surface area (Å²) >= 11 is 8.61. The lowest BCUT2D eigenvalue weighted by Crippen LogP contribution is -2.05. The molecule has 0 aliphatic carbocycles. The Kier molecular flexibility index (Phi) is 6.19. The van der Waals surface area contributed by atoms with Gasteiger partial charge >= 0.3 is 0 Å². The highest BCUT2D eigenvalue weighted by molar-refractivity contribution is 9.10. The van der Waals surface area contributed by atoms with E-state index in [0.717, 1.165) is 33.5 Å². The zero-order valence-corrected chi connectivity index (χ0v) is 16.3. The van der Waals surface area contributed by atoms with E-state index >= 15 is 0 Å². The number of aryl methyl sites for hydroxylation is 3. The molecule has 2 rings (SSSR count). The average molecular weight is 393 g/mol. The second kappa shape index (κ2) is 7.93. The summed E-state index contributed by atoms with van der Waals surface area (Å²) in [6.45, 7) is 8.55. The molecule has 2 nitrogen and oxygen atoms in total. The van der Waals surface area contributed by atoms with Crippen LogP contribution in [0.25, 0.3) is 0 Å². The van der Waals surface area contributed by atoms with Crippen LogP contribution in [0.4, 0.5) is 0 Å². The highest BCUT2D eigenvalue weighted by Gasteiger charge is 2.11. The van der Waals surface area contributed by atoms with Crippen molar-refractivity contribution in [3.8, 4) is 11.5 Å². The number of halogens is 1. The third kappa shape index (κ3) is 4.55. The minimum Gasteiger partial charge on any atom is -0.488 e. The fourth-order valence-corrected chi connectivity index (χ4v) is 3.02. The molecule has 0 saturated carbocycles. The van der Waals surface area contributed by atoms with E-state index in [1.54, 1.807) is 6.92 Å². The van der Waals surface area contributed by atoms with E-state index in [9.17, 15) is 0 Å². The van der Waals surface area contributed by atoms with Crippen LogP contribution in [0.5, 0.6) is 11.5 Å². The van der Waals surface area contributed by atoms with Gasteiger partial charge in [-0.1, -0.05) is 35.0 Å². The lowest BCUT2D eigenvalue weighted by Gasteiger charge is -2.16. The van der Waals surface area contributed by atoms with Gasteiger partial charge in [0.25, 0.3) is 0 Å². The number of hydrogen-bond donors (Lipinski definition) is 0. The lowest BCUT2D eigenvalue weighted by atomic mass is 10.0. The maximum absolute atomic E-state index is 6.05. The number of benzene rings is 2. The summed E-state index contributed by atoms with van der Waals surface area (Å²) < 4.78 is 12.6. The molecule has 23 heavy (non-hydrogen) atoms. The molecular weight excluding hydrogens is 372 g/mol. The number of rotatable bonds is 5. The van der Waals surface area contributed by atoms with Gasteiger partial charge in [-0.15, -0.1) is 0 Å². The van der Waals surface area contributed by atoms with Gasteiger partial charge in [0, 0.05) is 17.0 Å². The molecular formula is C19H21BrO2S. The normalized spacial score (nSPS) is 10.5. The molecule has 0 unspecified atom stereocenters. The molecule has 0 bridgehead atoms. The Balaban J connectivity index is 2.24. The summed E-state index contributed by atoms with van der Waals surface area (Å²) in [4.78, 5) is 0. The first-order chi connectivity index (χ1) is 10.9. The standard InChI is InChI=1S/C19H21BrO2S/c1-5-15-9-13(3)19(10-12(15)2)21-11-16-17(20)7-6-8-18(16)22-14(4)23/h6-10H,5,11H2,1-4H3. The fraction of sp³-hybridized carbons (Fsp3) is 0.316. The van der Waals surface area contributed by atoms with Crippen LogP contribution in [0, 0.1) is 13.8 Å². The number of hydrogen-bond acceptors (Lipinski definition) is 3. The molecule has 0 atom stereocenters. The van der Waals surface area contributed by atoms with Gasteiger partial charge in [0.15, 0.2) is 5.05 Å². The minimum atomic E-state index is 0.422. The first-order valence-corrected chi connectivity index (χ1v) is 8.81. The van der Waals surface area contributed by atoms with Crippen molar-refractivity contribution in [1.82, 2.24) is 0 Å². The molecule has 0 N–H and O–H groups in total. The van der Waals surface area contributed by atoms with Gasteiger partial charge in [0.2, 0.25) is 0 Å². The maximum atomic E-state index is 6.05. The van der Waals surface area contributed by atoms with E-state index in [1.807, 2.05) is 18.2 Å². The molecule has 0 heterocycles. The van der Waals surface area contributed by atoms with E-state index in [2.05, 4.69) is 48.8 Å². The van der Waals surface area contributed by atoms with Gasteiger partial charge in [-0.2, -0.15) is 0 Å². The highest BCUT2D eigenvalue weighted by Crippen LogP contribution is 2.30. The first kappa shape index (κ1) is 18.0. The van der Waals surface area contributed by atoms with Crippen LogP contribution in [-0.4, -0.2) is 5.05 Å². The molecule has 4 heteroatoms. The summed E-state index contributed by atoms with van der Waals surface area (Å²) in [5, 5.41) is 0.490. The van der Waals surface area contributed by atoms with Crippen LogP contribution < -0.4 is 9.47 Å². The topological polar surface area (TPSA) is 18.5 Å². The highest BCUT2D eigenvalue weighted by atomic mass is 79.9. The summed E-state index contributed by atoms with van der Waals surface area (Å²) in [5.74, 6) is 1.63. The molecule has 2 aromatic carbocycles. The van der Waals surface area contributed by atoms with Crippen LogP contribution in [0.1, 0.15) is 36.1 Å². The number of thiocarbonyl (C=S) groups is 1. The van der Waals surface area contributed by atoms with E-state index < -0.39 is 0 Å². The van der Waals surface area contributed by atoms with Gasteiger partial charge in [0.05, 0.1) is 0 Å². The fourth-order valence-electron chi connectivity index (χ4n) is 2.47. The molecule has 0 spiro atoms. The smallest absolute Gasteiger partial charge is 0.164 e. The predicted octanol–water partition coefficient (Wildman–Crippen LogP) is 5.93. The molecule has 2 aromatic rings. The third-order valence-electron chi connectivity index (χ3n) is 3.72. The Bertz CT molecular complexity index is 726. The largest absolute Gasteiger partial charge is 0.488 e. The van der Waals surface area contributed by atoms with Crippen LogP contribution in [0.3, 0.4) is 0 Å². The molecule has 0 aliphatic rings. The summed E-state index contributed by atoms with van der Waals surface area (Å²) in [7, 11) is 0. The molecule has 0 radical (unpaired) electrons. The van der Waals surface area contributed by atoms with Crippen LogP contribution in [0.15, 0.2) is 34.8 Å². The summed E-state index contributed by atoms with van der Waals surface area (Å²) in [6, 6.07) is 10.1. The van der Waals surface area contributed by atoms with E-state index in [-0.39, 0.29) is 0 Å². The van der Waals surface area contributed by atoms with E-state index in [4.69, 9.17) is 21.7 Å². The minimum absolute atomic E-state index is 0.422. The SMILES string of the molecule is CCc1cc(C)c(OCc2c(Br)cccc2OC(C)=S)cc1C. The van der Waals surface area contributed by atoms with Crippen LogP contribution in [0.2, 0.25) is 0 Å². The quantitative estimate of drug-likeness (QED) is 0.587. The van der Waals surface area contributed by atoms with Crippen molar-refractivity contribution >= 4 is 33.2 Å². The van der Waals surface area contributed by atoms with Gasteiger partial charge < -0.3 is 9.47 Å². The zero-order valence-electron chi connectivity index (χ0n) is 13.9. The van der Waals surface area contributed by atoms with Crippen molar-refractivity contribution in [2.45, 2.75) is 40.7 Å².